The number of hydrogen-bond donors (Lipinski definition) is 1. The first-order valence-corrected chi connectivity index (χ1v) is 18.3. The number of fused-ring (bicyclic) bond motifs is 5. The second-order valence-corrected chi connectivity index (χ2v) is 22.9. The zero-order valence-corrected chi connectivity index (χ0v) is 26.6. The van der Waals surface area contributed by atoms with Crippen molar-refractivity contribution in [2.24, 2.45) is 0 Å². The zero-order valence-electron chi connectivity index (χ0n) is 22.8. The van der Waals surface area contributed by atoms with Gasteiger partial charge in [-0.05, 0) is 6.92 Å². The fourth-order valence-electron chi connectivity index (χ4n) is 4.24. The molecule has 3 atom stereocenters. The van der Waals surface area contributed by atoms with Gasteiger partial charge in [-0.25, -0.2) is 0 Å². The number of halogens is 1. The average molecular weight is 648 g/mol. The second kappa shape index (κ2) is 10.3. The molecule has 0 radical (unpaired) electrons. The van der Waals surface area contributed by atoms with Crippen LogP contribution in [-0.4, -0.2) is 35.0 Å². The first-order chi connectivity index (χ1) is 16.6. The Morgan fingerprint density at radius 2 is 1.92 bits per heavy atom. The van der Waals surface area contributed by atoms with Crippen molar-refractivity contribution >= 4 is 33.0 Å². The summed E-state index contributed by atoms with van der Waals surface area (Å²) in [6.45, 7) is 15.5. The number of rotatable bonds is 7. The molecule has 1 N–H and O–H groups in total. The van der Waals surface area contributed by atoms with E-state index in [4.69, 9.17) is 18.1 Å². The van der Waals surface area contributed by atoms with Crippen LogP contribution in [0.3, 0.4) is 0 Å². The van der Waals surface area contributed by atoms with Gasteiger partial charge in [0.05, 0.1) is 0 Å². The second-order valence-electron chi connectivity index (χ2n) is 11.7. The van der Waals surface area contributed by atoms with Crippen molar-refractivity contribution in [3.05, 3.63) is 53.2 Å². The molecule has 1 aliphatic heterocycles. The zero-order chi connectivity index (χ0) is 26.5. The number of aliphatic hydroxyl groups is 1. The fourth-order valence-corrected chi connectivity index (χ4v) is 12.1. The quantitative estimate of drug-likeness (QED) is 0.265. The van der Waals surface area contributed by atoms with E-state index in [0.29, 0.717) is 15.6 Å². The molecule has 0 spiro atoms. The Morgan fingerprint density at radius 1 is 1.19 bits per heavy atom. The molecular formula is C28H40IO5S2-. The van der Waals surface area contributed by atoms with Crippen molar-refractivity contribution in [3.8, 4) is 5.75 Å². The summed E-state index contributed by atoms with van der Waals surface area (Å²) in [5.41, 5.74) is 1.46. The van der Waals surface area contributed by atoms with E-state index in [1.54, 1.807) is 11.8 Å². The predicted molar refractivity (Wildman–Crippen MR) is 148 cm³/mol. The average Bonchev–Trinajstić information content (AvgIpc) is 3.09. The minimum absolute atomic E-state index is 0.00948. The van der Waals surface area contributed by atoms with Gasteiger partial charge in [0.25, 0.3) is 0 Å². The Hall–Kier alpha value is -0.970. The summed E-state index contributed by atoms with van der Waals surface area (Å²) in [6.07, 6.45) is 8.08. The Balaban J connectivity index is 1.53. The minimum atomic E-state index is -1.20. The molecule has 4 rings (SSSR count). The summed E-state index contributed by atoms with van der Waals surface area (Å²) in [5, 5.41) is 11.8. The summed E-state index contributed by atoms with van der Waals surface area (Å²) >= 11 is 1.81. The van der Waals surface area contributed by atoms with E-state index in [0.717, 1.165) is 37.6 Å². The molecule has 1 aromatic carbocycles. The summed E-state index contributed by atoms with van der Waals surface area (Å²) < 4.78 is 26.6. The van der Waals surface area contributed by atoms with Crippen LogP contribution in [0.1, 0.15) is 78.4 Å². The van der Waals surface area contributed by atoms with Crippen LogP contribution in [0.5, 0.6) is 5.75 Å². The molecule has 2 aliphatic rings. The van der Waals surface area contributed by atoms with Crippen molar-refractivity contribution in [3.63, 3.8) is 0 Å². The molecule has 5 nitrogen and oxygen atoms in total. The predicted octanol–water partition coefficient (Wildman–Crippen LogP) is 4.81. The summed E-state index contributed by atoms with van der Waals surface area (Å²) in [7, 11) is -1.20. The molecular weight excluding hydrogens is 607 g/mol. The third-order valence-corrected chi connectivity index (χ3v) is 15.7. The molecule has 0 amide bonds. The van der Waals surface area contributed by atoms with Crippen LogP contribution < -0.4 is 25.4 Å². The van der Waals surface area contributed by atoms with Crippen molar-refractivity contribution in [1.29, 1.82) is 0 Å². The monoisotopic (exact) mass is 647 g/mol. The van der Waals surface area contributed by atoms with Crippen LogP contribution in [0.4, 0.5) is 0 Å². The van der Waals surface area contributed by atoms with Crippen molar-refractivity contribution < 1.29 is 44.4 Å². The third-order valence-electron chi connectivity index (χ3n) is 5.58. The Bertz CT molecular complexity index is 1170. The van der Waals surface area contributed by atoms with E-state index < -0.39 is 16.6 Å². The van der Waals surface area contributed by atoms with Crippen LogP contribution in [0, 0.1) is 0 Å². The van der Waals surface area contributed by atoms with Gasteiger partial charge in [-0.15, -0.1) is 11.8 Å². The van der Waals surface area contributed by atoms with Crippen molar-refractivity contribution in [2.45, 2.75) is 80.7 Å². The van der Waals surface area contributed by atoms with Gasteiger partial charge in [-0.3, -0.25) is 0 Å². The van der Waals surface area contributed by atoms with Gasteiger partial charge in [0.1, 0.15) is 5.44 Å². The molecule has 0 saturated heterocycles. The van der Waals surface area contributed by atoms with Gasteiger partial charge in [-0.1, -0.05) is 20.8 Å². The molecule has 8 heteroatoms. The summed E-state index contributed by atoms with van der Waals surface area (Å²) in [5.74, 6) is 2.98. The number of alkyl halides is 2. The van der Waals surface area contributed by atoms with E-state index in [9.17, 15) is 5.11 Å². The smallest absolute Gasteiger partial charge is 0.0111 e. The Labute approximate surface area is 232 Å². The van der Waals surface area contributed by atoms with E-state index in [-0.39, 0.29) is 37.3 Å². The standard InChI is InChI=1S/C28H40IO5S2/c1-17(35-28(5,6)7)31-18-10-13-21-23(14-18)33-26(30)24-20-12-11-19(15-22(20)32-25(21)24)34-36(8,9)16-29-27(2,3)4/h10-12,14-15,17,21,26,30H,13,16H2,1-9H3/q-1. The molecule has 2 aromatic rings. The molecule has 0 saturated carbocycles. The summed E-state index contributed by atoms with van der Waals surface area (Å²) in [4.78, 5) is 0. The molecule has 1 aliphatic carbocycles. The van der Waals surface area contributed by atoms with Crippen LogP contribution >= 0.6 is 22.1 Å². The maximum Gasteiger partial charge on any atom is 0.0111 e. The number of thioether (sulfide) groups is 1. The van der Waals surface area contributed by atoms with Crippen molar-refractivity contribution in [2.75, 3.05) is 16.3 Å². The maximum atomic E-state index is 10.9. The molecule has 0 fully saturated rings. The number of benzene rings is 1. The van der Waals surface area contributed by atoms with Crippen LogP contribution in [0.2, 0.25) is 0 Å². The Kier molecular flexibility index (Phi) is 8.03. The van der Waals surface area contributed by atoms with Crippen LogP contribution in [0.25, 0.3) is 11.0 Å². The van der Waals surface area contributed by atoms with Gasteiger partial charge in [0, 0.05) is 4.75 Å². The molecule has 3 unspecified atom stereocenters. The van der Waals surface area contributed by atoms with Gasteiger partial charge >= 0.3 is 179 Å². The molecule has 1 aromatic heterocycles. The van der Waals surface area contributed by atoms with E-state index in [1.165, 1.54) is 0 Å². The first-order valence-electron chi connectivity index (χ1n) is 12.3. The van der Waals surface area contributed by atoms with Crippen molar-refractivity contribution in [1.82, 2.24) is 0 Å². The first kappa shape index (κ1) is 28.0. The van der Waals surface area contributed by atoms with Crippen LogP contribution in [-0.2, 0) is 9.47 Å². The normalized spacial score (nSPS) is 21.7. The largest absolute Gasteiger partial charge is 0.112 e. The number of ether oxygens (including phenoxy) is 2. The third kappa shape index (κ3) is 6.91. The Morgan fingerprint density at radius 3 is 2.58 bits per heavy atom. The van der Waals surface area contributed by atoms with Gasteiger partial charge in [-0.2, -0.15) is 0 Å². The minimum Gasteiger partial charge on any atom is -0.112 e. The maximum absolute atomic E-state index is 10.9. The number of hydrogen-bond acceptors (Lipinski definition) is 6. The summed E-state index contributed by atoms with van der Waals surface area (Å²) in [6, 6.07) is 5.94. The van der Waals surface area contributed by atoms with Gasteiger partial charge in [0.2, 0.25) is 0 Å². The SMILES string of the molecule is CC(OC1=CCC2C(=C1)OC(O)c1c2oc2cc(OS(C)(C)C[I-]C(C)(C)C)ccc12)SC(C)(C)C. The van der Waals surface area contributed by atoms with Crippen LogP contribution in [0.15, 0.2) is 46.3 Å². The van der Waals surface area contributed by atoms with E-state index in [1.807, 2.05) is 24.3 Å². The number of allylic oxidation sites excluding steroid dienone is 3. The topological polar surface area (TPSA) is 61.1 Å². The van der Waals surface area contributed by atoms with Gasteiger partial charge in [0.15, 0.2) is 0 Å². The molecule has 2 heterocycles. The number of furan rings is 1. The molecule has 202 valence electrons. The number of aliphatic hydroxyl groups excluding tert-OH is 1. The van der Waals surface area contributed by atoms with E-state index in [2.05, 4.69) is 67.1 Å². The fraction of sp³-hybridized carbons (Fsp3) is 0.571. The molecule has 0 bridgehead atoms. The van der Waals surface area contributed by atoms with Gasteiger partial charge < -0.3 is 4.74 Å². The molecule has 36 heavy (non-hydrogen) atoms. The van der Waals surface area contributed by atoms with E-state index >= 15 is 0 Å².